The van der Waals surface area contributed by atoms with Crippen molar-refractivity contribution in [3.05, 3.63) is 59.5 Å². The largest absolute Gasteiger partial charge is 0.404 e. The molecule has 1 amide bonds. The summed E-state index contributed by atoms with van der Waals surface area (Å²) < 4.78 is 1.68. The molecule has 158 valence electrons. The van der Waals surface area contributed by atoms with Gasteiger partial charge >= 0.3 is 0 Å². The molecule has 5 N–H and O–H groups in total. The predicted molar refractivity (Wildman–Crippen MR) is 119 cm³/mol. The summed E-state index contributed by atoms with van der Waals surface area (Å²) in [5.74, 6) is 0.162. The Bertz CT molecular complexity index is 970. The van der Waals surface area contributed by atoms with Gasteiger partial charge < -0.3 is 16.5 Å². The SMILES string of the molecule is CN(C)Cn1cc(C(=O)NC(=N)C(C)(c2ccc(/C(C=N)=C/N)cc2)C2CC2)cn1. The van der Waals surface area contributed by atoms with E-state index in [1.165, 1.54) is 18.6 Å². The normalized spacial score (nSPS) is 16.2. The third-order valence-electron chi connectivity index (χ3n) is 5.63. The number of nitrogens with two attached hydrogens (primary N) is 1. The van der Waals surface area contributed by atoms with E-state index in [0.29, 0.717) is 23.7 Å². The molecule has 1 aliphatic rings. The van der Waals surface area contributed by atoms with Crippen LogP contribution in [-0.4, -0.2) is 46.7 Å². The fourth-order valence-corrected chi connectivity index (χ4v) is 3.64. The molecule has 0 spiro atoms. The molecule has 0 aliphatic heterocycles. The lowest BCUT2D eigenvalue weighted by molar-refractivity contribution is 0.0974. The van der Waals surface area contributed by atoms with Crippen LogP contribution in [0.15, 0.2) is 42.9 Å². The number of nitrogens with one attached hydrogen (secondary N) is 3. The maximum atomic E-state index is 12.7. The third kappa shape index (κ3) is 4.33. The molecule has 3 rings (SSSR count). The van der Waals surface area contributed by atoms with Crippen molar-refractivity contribution < 1.29 is 4.79 Å². The summed E-state index contributed by atoms with van der Waals surface area (Å²) in [5, 5.41) is 23.2. The molecule has 0 radical (unpaired) electrons. The lowest BCUT2D eigenvalue weighted by Crippen LogP contribution is -2.46. The number of hydrogen-bond donors (Lipinski definition) is 4. The molecule has 2 aromatic rings. The van der Waals surface area contributed by atoms with Gasteiger partial charge in [0.2, 0.25) is 0 Å². The molecular weight excluding hydrogens is 378 g/mol. The molecule has 1 saturated carbocycles. The van der Waals surface area contributed by atoms with Gasteiger partial charge in [-0.25, -0.2) is 0 Å². The van der Waals surface area contributed by atoms with Crippen LogP contribution < -0.4 is 11.1 Å². The molecule has 0 saturated heterocycles. The highest BCUT2D eigenvalue weighted by atomic mass is 16.1. The number of hydrogen-bond acceptors (Lipinski definition) is 6. The first-order valence-corrected chi connectivity index (χ1v) is 9.90. The Kier molecular flexibility index (Phi) is 6.17. The molecule has 1 fully saturated rings. The first-order chi connectivity index (χ1) is 14.3. The molecule has 0 bridgehead atoms. The standard InChI is InChI=1S/C22H29N7O/c1-22(19-8-9-19,18-6-4-15(5-7-18)16(10-23)11-24)21(25)27-20(30)17-12-26-29(13-17)14-28(2)3/h4-7,10-13,19,23H,8-9,14,24H2,1-3H3,(H2,25,27,30)/b16-11+,23-10?. The van der Waals surface area contributed by atoms with E-state index < -0.39 is 5.41 Å². The smallest absolute Gasteiger partial charge is 0.259 e. The van der Waals surface area contributed by atoms with Crippen molar-refractivity contribution in [2.75, 3.05) is 14.1 Å². The highest BCUT2D eigenvalue weighted by Crippen LogP contribution is 2.47. The number of rotatable bonds is 8. The highest BCUT2D eigenvalue weighted by Gasteiger charge is 2.46. The summed E-state index contributed by atoms with van der Waals surface area (Å²) in [6.45, 7) is 2.58. The zero-order valence-electron chi connectivity index (χ0n) is 17.6. The number of carbonyl (C=O) groups excluding carboxylic acids is 1. The van der Waals surface area contributed by atoms with Crippen LogP contribution in [0.1, 0.15) is 41.3 Å². The summed E-state index contributed by atoms with van der Waals surface area (Å²) in [5.41, 5.74) is 7.86. The number of aromatic nitrogens is 2. The maximum absolute atomic E-state index is 12.7. The molecule has 8 nitrogen and oxygen atoms in total. The van der Waals surface area contributed by atoms with E-state index in [-0.39, 0.29) is 11.7 Å². The van der Waals surface area contributed by atoms with E-state index in [1.807, 2.05) is 50.2 Å². The van der Waals surface area contributed by atoms with Crippen molar-refractivity contribution in [3.8, 4) is 0 Å². The minimum absolute atomic E-state index is 0.185. The predicted octanol–water partition coefficient (Wildman–Crippen LogP) is 2.43. The van der Waals surface area contributed by atoms with Gasteiger partial charge in [-0.1, -0.05) is 24.3 Å². The average Bonchev–Trinajstić information content (AvgIpc) is 3.48. The summed E-state index contributed by atoms with van der Waals surface area (Å²) in [6.07, 6.45) is 7.86. The second-order valence-corrected chi connectivity index (χ2v) is 8.14. The fraction of sp³-hybridized carbons (Fsp3) is 0.364. The van der Waals surface area contributed by atoms with Crippen LogP contribution in [0.5, 0.6) is 0 Å². The van der Waals surface area contributed by atoms with E-state index in [1.54, 1.807) is 10.9 Å². The molecule has 30 heavy (non-hydrogen) atoms. The van der Waals surface area contributed by atoms with Gasteiger partial charge in [-0.2, -0.15) is 5.10 Å². The number of amidine groups is 1. The highest BCUT2D eigenvalue weighted by molar-refractivity contribution is 6.09. The maximum Gasteiger partial charge on any atom is 0.259 e. The van der Waals surface area contributed by atoms with Crippen molar-refractivity contribution in [2.24, 2.45) is 11.7 Å². The monoisotopic (exact) mass is 407 g/mol. The molecule has 1 aromatic heterocycles. The second kappa shape index (κ2) is 8.62. The Hall–Kier alpha value is -3.26. The average molecular weight is 408 g/mol. The van der Waals surface area contributed by atoms with Gasteiger partial charge in [-0.05, 0) is 50.9 Å². The summed E-state index contributed by atoms with van der Waals surface area (Å²) in [6, 6.07) is 7.72. The lowest BCUT2D eigenvalue weighted by atomic mass is 9.76. The Morgan fingerprint density at radius 2 is 2.00 bits per heavy atom. The van der Waals surface area contributed by atoms with Gasteiger partial charge in [-0.3, -0.25) is 19.8 Å². The van der Waals surface area contributed by atoms with Crippen LogP contribution in [-0.2, 0) is 12.1 Å². The summed E-state index contributed by atoms with van der Waals surface area (Å²) in [7, 11) is 3.86. The van der Waals surface area contributed by atoms with Crippen molar-refractivity contribution in [1.82, 2.24) is 20.0 Å². The van der Waals surface area contributed by atoms with E-state index in [2.05, 4.69) is 10.4 Å². The van der Waals surface area contributed by atoms with Gasteiger partial charge in [0.05, 0.1) is 23.8 Å². The van der Waals surface area contributed by atoms with E-state index in [4.69, 9.17) is 16.6 Å². The number of nitrogens with zero attached hydrogens (tertiary/aromatic N) is 3. The first kappa shape index (κ1) is 21.4. The van der Waals surface area contributed by atoms with Gasteiger partial charge in [0.1, 0.15) is 5.84 Å². The zero-order valence-corrected chi connectivity index (χ0v) is 17.6. The van der Waals surface area contributed by atoms with Gasteiger partial charge in [-0.15, -0.1) is 0 Å². The van der Waals surface area contributed by atoms with Gasteiger partial charge in [0, 0.05) is 24.2 Å². The molecular formula is C22H29N7O. The van der Waals surface area contributed by atoms with Crippen LogP contribution >= 0.6 is 0 Å². The fourth-order valence-electron chi connectivity index (χ4n) is 3.64. The first-order valence-electron chi connectivity index (χ1n) is 9.90. The molecule has 1 aromatic carbocycles. The zero-order chi connectivity index (χ0) is 21.9. The summed E-state index contributed by atoms with van der Waals surface area (Å²) in [4.78, 5) is 14.7. The Morgan fingerprint density at radius 3 is 2.53 bits per heavy atom. The number of benzene rings is 1. The quantitative estimate of drug-likeness (QED) is 0.396. The van der Waals surface area contributed by atoms with E-state index in [0.717, 1.165) is 24.0 Å². The Labute approximate surface area is 176 Å². The van der Waals surface area contributed by atoms with Crippen LogP contribution in [0.2, 0.25) is 0 Å². The molecule has 1 aliphatic carbocycles. The number of amides is 1. The Balaban J connectivity index is 1.80. The van der Waals surface area contributed by atoms with Crippen molar-refractivity contribution >= 4 is 23.5 Å². The van der Waals surface area contributed by atoms with Gasteiger partial charge in [0.25, 0.3) is 5.91 Å². The van der Waals surface area contributed by atoms with Crippen LogP contribution in [0, 0.1) is 16.7 Å². The minimum Gasteiger partial charge on any atom is -0.404 e. The van der Waals surface area contributed by atoms with Crippen molar-refractivity contribution in [1.29, 1.82) is 10.8 Å². The molecule has 1 unspecified atom stereocenters. The van der Waals surface area contributed by atoms with Crippen LogP contribution in [0.25, 0.3) is 5.57 Å². The minimum atomic E-state index is -0.592. The van der Waals surface area contributed by atoms with Crippen molar-refractivity contribution in [3.63, 3.8) is 0 Å². The Morgan fingerprint density at radius 1 is 1.33 bits per heavy atom. The lowest BCUT2D eigenvalue weighted by Gasteiger charge is -2.31. The van der Waals surface area contributed by atoms with Gasteiger partial charge in [0.15, 0.2) is 0 Å². The second-order valence-electron chi connectivity index (χ2n) is 8.14. The van der Waals surface area contributed by atoms with Crippen LogP contribution in [0.3, 0.4) is 0 Å². The third-order valence-corrected chi connectivity index (χ3v) is 5.63. The van der Waals surface area contributed by atoms with E-state index in [9.17, 15) is 4.79 Å². The molecule has 8 heteroatoms. The topological polar surface area (TPSA) is 124 Å². The van der Waals surface area contributed by atoms with Crippen molar-refractivity contribution in [2.45, 2.75) is 31.8 Å². The number of carbonyl (C=O) groups is 1. The summed E-state index contributed by atoms with van der Waals surface area (Å²) >= 11 is 0. The van der Waals surface area contributed by atoms with E-state index >= 15 is 0 Å². The molecule has 1 heterocycles. The van der Waals surface area contributed by atoms with Crippen LogP contribution in [0.4, 0.5) is 0 Å². The molecule has 1 atom stereocenters. The number of allylic oxidation sites excluding steroid dienone is 1.